The zero-order chi connectivity index (χ0) is 6.95. The summed E-state index contributed by atoms with van der Waals surface area (Å²) in [5, 5.41) is 1.03. The topological polar surface area (TPSA) is 0 Å². The quantitative estimate of drug-likeness (QED) is 0.460. The van der Waals surface area contributed by atoms with Crippen LogP contribution in [0.4, 0.5) is 0 Å². The van der Waals surface area contributed by atoms with Gasteiger partial charge in [0.05, 0.1) is 0 Å². The summed E-state index contributed by atoms with van der Waals surface area (Å²) in [4.78, 5) is 0. The SMILES string of the molecule is CCC#C/C=C/CCBr. The molecule has 1 heteroatoms. The second kappa shape index (κ2) is 7.78. The lowest BCUT2D eigenvalue weighted by molar-refractivity contribution is 1.26. The molecule has 0 aromatic heterocycles. The van der Waals surface area contributed by atoms with E-state index in [0.717, 1.165) is 18.2 Å². The fourth-order valence-electron chi connectivity index (χ4n) is 0.366. The number of rotatable bonds is 2. The molecule has 0 nitrogen and oxygen atoms in total. The van der Waals surface area contributed by atoms with Crippen molar-refractivity contribution in [2.45, 2.75) is 19.8 Å². The van der Waals surface area contributed by atoms with Gasteiger partial charge in [0, 0.05) is 11.8 Å². The van der Waals surface area contributed by atoms with Gasteiger partial charge in [-0.1, -0.05) is 40.8 Å². The minimum absolute atomic E-state index is 0.943. The molecule has 0 saturated heterocycles. The van der Waals surface area contributed by atoms with E-state index in [9.17, 15) is 0 Å². The van der Waals surface area contributed by atoms with E-state index in [2.05, 4.69) is 33.8 Å². The average Bonchev–Trinajstić information content (AvgIpc) is 1.89. The highest BCUT2D eigenvalue weighted by Crippen LogP contribution is 1.87. The maximum atomic E-state index is 3.32. The van der Waals surface area contributed by atoms with Crippen LogP contribution in [-0.4, -0.2) is 5.33 Å². The van der Waals surface area contributed by atoms with Crippen LogP contribution in [0.25, 0.3) is 0 Å². The molecule has 0 bridgehead atoms. The normalized spacial score (nSPS) is 9.11. The Morgan fingerprint density at radius 1 is 1.56 bits per heavy atom. The van der Waals surface area contributed by atoms with Gasteiger partial charge in [0.15, 0.2) is 0 Å². The monoisotopic (exact) mass is 186 g/mol. The van der Waals surface area contributed by atoms with Crippen LogP contribution in [0.15, 0.2) is 12.2 Å². The molecule has 0 saturated carbocycles. The van der Waals surface area contributed by atoms with E-state index in [-0.39, 0.29) is 0 Å². The second-order valence-corrected chi connectivity index (χ2v) is 2.35. The summed E-state index contributed by atoms with van der Waals surface area (Å²) in [6.07, 6.45) is 5.99. The minimum atomic E-state index is 0.943. The molecule has 0 aromatic carbocycles. The van der Waals surface area contributed by atoms with Gasteiger partial charge in [0.2, 0.25) is 0 Å². The molecule has 0 aliphatic rings. The van der Waals surface area contributed by atoms with Gasteiger partial charge in [-0.15, -0.1) is 0 Å². The third kappa shape index (κ3) is 7.78. The van der Waals surface area contributed by atoms with E-state index in [0.29, 0.717) is 0 Å². The van der Waals surface area contributed by atoms with Gasteiger partial charge in [0.1, 0.15) is 0 Å². The van der Waals surface area contributed by atoms with Crippen LogP contribution >= 0.6 is 15.9 Å². The number of allylic oxidation sites excluding steroid dienone is 2. The molecule has 0 N–H and O–H groups in total. The van der Waals surface area contributed by atoms with Gasteiger partial charge in [-0.3, -0.25) is 0 Å². The average molecular weight is 187 g/mol. The summed E-state index contributed by atoms with van der Waals surface area (Å²) in [5.74, 6) is 5.87. The predicted octanol–water partition coefficient (Wildman–Crippen LogP) is 2.74. The highest BCUT2D eigenvalue weighted by molar-refractivity contribution is 9.09. The summed E-state index contributed by atoms with van der Waals surface area (Å²) >= 11 is 3.32. The minimum Gasteiger partial charge on any atom is -0.0988 e. The van der Waals surface area contributed by atoms with E-state index >= 15 is 0 Å². The summed E-state index contributed by atoms with van der Waals surface area (Å²) in [7, 11) is 0. The van der Waals surface area contributed by atoms with Crippen molar-refractivity contribution in [1.29, 1.82) is 0 Å². The van der Waals surface area contributed by atoms with Crippen LogP contribution in [-0.2, 0) is 0 Å². The van der Waals surface area contributed by atoms with Crippen LogP contribution in [0.1, 0.15) is 19.8 Å². The molecular weight excluding hydrogens is 176 g/mol. The summed E-state index contributed by atoms with van der Waals surface area (Å²) in [6, 6.07) is 0. The molecule has 0 aliphatic carbocycles. The fourth-order valence-corrected chi connectivity index (χ4v) is 0.631. The molecule has 0 atom stereocenters. The smallest absolute Gasteiger partial charge is 0.00662 e. The fraction of sp³-hybridized carbons (Fsp3) is 0.500. The number of halogens is 1. The molecule has 0 rings (SSSR count). The first-order valence-corrected chi connectivity index (χ1v) is 4.23. The lowest BCUT2D eigenvalue weighted by atomic mass is 10.4. The van der Waals surface area contributed by atoms with Gasteiger partial charge in [0.25, 0.3) is 0 Å². The van der Waals surface area contributed by atoms with Crippen LogP contribution in [0.5, 0.6) is 0 Å². The molecule has 0 spiro atoms. The molecule has 0 fully saturated rings. The Morgan fingerprint density at radius 2 is 2.33 bits per heavy atom. The van der Waals surface area contributed by atoms with Crippen LogP contribution < -0.4 is 0 Å². The summed E-state index contributed by atoms with van der Waals surface area (Å²) < 4.78 is 0. The Balaban J connectivity index is 3.23. The van der Waals surface area contributed by atoms with E-state index in [4.69, 9.17) is 0 Å². The Bertz CT molecular complexity index is 125. The first kappa shape index (κ1) is 8.78. The van der Waals surface area contributed by atoms with E-state index < -0.39 is 0 Å². The molecule has 9 heavy (non-hydrogen) atoms. The van der Waals surface area contributed by atoms with Crippen molar-refractivity contribution in [2.75, 3.05) is 5.33 Å². The van der Waals surface area contributed by atoms with Crippen molar-refractivity contribution in [2.24, 2.45) is 0 Å². The zero-order valence-electron chi connectivity index (χ0n) is 5.65. The van der Waals surface area contributed by atoms with Gasteiger partial charge in [-0.05, 0) is 12.5 Å². The third-order valence-electron chi connectivity index (χ3n) is 0.756. The van der Waals surface area contributed by atoms with Crippen molar-refractivity contribution in [3.8, 4) is 11.8 Å². The molecule has 0 radical (unpaired) electrons. The maximum Gasteiger partial charge on any atom is 0.00662 e. The van der Waals surface area contributed by atoms with Crippen LogP contribution in [0.3, 0.4) is 0 Å². The zero-order valence-corrected chi connectivity index (χ0v) is 7.24. The van der Waals surface area contributed by atoms with Gasteiger partial charge < -0.3 is 0 Å². The van der Waals surface area contributed by atoms with E-state index in [1.165, 1.54) is 0 Å². The molecule has 0 amide bonds. The van der Waals surface area contributed by atoms with Crippen molar-refractivity contribution in [3.05, 3.63) is 12.2 Å². The van der Waals surface area contributed by atoms with Crippen molar-refractivity contribution in [3.63, 3.8) is 0 Å². The first-order valence-electron chi connectivity index (χ1n) is 3.11. The number of hydrogen-bond acceptors (Lipinski definition) is 0. The number of hydrogen-bond donors (Lipinski definition) is 0. The van der Waals surface area contributed by atoms with Gasteiger partial charge in [-0.2, -0.15) is 0 Å². The van der Waals surface area contributed by atoms with Crippen LogP contribution in [0, 0.1) is 11.8 Å². The van der Waals surface area contributed by atoms with E-state index in [1.54, 1.807) is 0 Å². The lowest BCUT2D eigenvalue weighted by Gasteiger charge is -1.75. The molecular formula is C8H11Br. The lowest BCUT2D eigenvalue weighted by Crippen LogP contribution is -1.63. The Labute approximate surface area is 65.5 Å². The van der Waals surface area contributed by atoms with Crippen molar-refractivity contribution < 1.29 is 0 Å². The van der Waals surface area contributed by atoms with Crippen molar-refractivity contribution in [1.82, 2.24) is 0 Å². The summed E-state index contributed by atoms with van der Waals surface area (Å²) in [5.41, 5.74) is 0. The predicted molar refractivity (Wildman–Crippen MR) is 45.6 cm³/mol. The Kier molecular flexibility index (Phi) is 7.59. The second-order valence-electron chi connectivity index (χ2n) is 1.55. The first-order chi connectivity index (χ1) is 4.41. The standard InChI is InChI=1S/C8H11Br/c1-2-3-4-5-6-7-8-9/h5-6H,2,7-8H2,1H3/b6-5+. The molecule has 0 unspecified atom stereocenters. The van der Waals surface area contributed by atoms with Crippen molar-refractivity contribution >= 4 is 15.9 Å². The highest BCUT2D eigenvalue weighted by Gasteiger charge is 1.69. The third-order valence-corrected chi connectivity index (χ3v) is 1.21. The van der Waals surface area contributed by atoms with Gasteiger partial charge in [-0.25, -0.2) is 0 Å². The van der Waals surface area contributed by atoms with Gasteiger partial charge >= 0.3 is 0 Å². The number of alkyl halides is 1. The molecule has 0 heterocycles. The molecule has 0 aromatic rings. The van der Waals surface area contributed by atoms with Crippen LogP contribution in [0.2, 0.25) is 0 Å². The Morgan fingerprint density at radius 3 is 2.89 bits per heavy atom. The maximum absolute atomic E-state index is 3.32. The largest absolute Gasteiger partial charge is 0.0988 e. The highest BCUT2D eigenvalue weighted by atomic mass is 79.9. The van der Waals surface area contributed by atoms with E-state index in [1.807, 2.05) is 13.0 Å². The molecule has 0 aliphatic heterocycles. The Hall–Kier alpha value is -0.220. The molecule has 50 valence electrons. The summed E-state index contributed by atoms with van der Waals surface area (Å²) in [6.45, 7) is 2.05.